The Balaban J connectivity index is 2.81. The second-order valence-electron chi connectivity index (χ2n) is 2.48. The van der Waals surface area contributed by atoms with Gasteiger partial charge in [-0.3, -0.25) is 0 Å². The third-order valence-corrected chi connectivity index (χ3v) is 3.00. The molecule has 56 valence electrons. The molecule has 1 rings (SSSR count). The molecule has 0 aliphatic carbocycles. The van der Waals surface area contributed by atoms with Gasteiger partial charge in [0.1, 0.15) is 0 Å². The lowest BCUT2D eigenvalue weighted by atomic mass is 10.2. The van der Waals surface area contributed by atoms with Crippen molar-refractivity contribution in [1.29, 1.82) is 0 Å². The molecule has 0 aromatic carbocycles. The van der Waals surface area contributed by atoms with Crippen molar-refractivity contribution >= 4 is 25.2 Å². The van der Waals surface area contributed by atoms with Gasteiger partial charge in [-0.05, 0) is 25.0 Å². The van der Waals surface area contributed by atoms with E-state index in [0.29, 0.717) is 0 Å². The van der Waals surface area contributed by atoms with E-state index in [4.69, 9.17) is 0 Å². The van der Waals surface area contributed by atoms with Crippen LogP contribution >= 0.6 is 20.6 Å². The highest BCUT2D eigenvalue weighted by atomic mass is 32.1. The van der Waals surface area contributed by atoms with Gasteiger partial charge in [0.05, 0.1) is 0 Å². The minimum atomic E-state index is 1.23. The van der Waals surface area contributed by atoms with E-state index in [1.54, 1.807) is 0 Å². The van der Waals surface area contributed by atoms with Gasteiger partial charge in [-0.1, -0.05) is 22.6 Å². The molecule has 1 atom stereocenters. The van der Waals surface area contributed by atoms with Gasteiger partial charge in [0, 0.05) is 9.50 Å². The fourth-order valence-electron chi connectivity index (χ4n) is 1.06. The first kappa shape index (κ1) is 8.23. The minimum absolute atomic E-state index is 1.23. The van der Waals surface area contributed by atoms with Crippen molar-refractivity contribution in [2.24, 2.45) is 0 Å². The molecular weight excluding hydrogens is 159 g/mol. The Morgan fingerprint density at radius 3 is 2.70 bits per heavy atom. The molecule has 0 saturated carbocycles. The van der Waals surface area contributed by atoms with Crippen LogP contribution in [0.1, 0.15) is 23.8 Å². The lowest BCUT2D eigenvalue weighted by Gasteiger charge is -1.92. The SMILES string of the molecule is CCCc1cc(P)sc1C. The molecule has 1 aromatic rings. The van der Waals surface area contributed by atoms with E-state index in [-0.39, 0.29) is 0 Å². The summed E-state index contributed by atoms with van der Waals surface area (Å²) in [6.45, 7) is 4.42. The van der Waals surface area contributed by atoms with E-state index in [1.165, 1.54) is 27.9 Å². The van der Waals surface area contributed by atoms with Gasteiger partial charge in [-0.15, -0.1) is 11.3 Å². The smallest absolute Gasteiger partial charge is 0.0222 e. The molecule has 0 radical (unpaired) electrons. The van der Waals surface area contributed by atoms with Crippen LogP contribution in [0.15, 0.2) is 6.07 Å². The molecule has 1 aromatic heterocycles. The van der Waals surface area contributed by atoms with Crippen molar-refractivity contribution in [1.82, 2.24) is 0 Å². The zero-order chi connectivity index (χ0) is 7.56. The zero-order valence-corrected chi connectivity index (χ0v) is 8.45. The average Bonchev–Trinajstić information content (AvgIpc) is 2.13. The molecule has 2 heteroatoms. The molecule has 0 spiro atoms. The van der Waals surface area contributed by atoms with Crippen LogP contribution < -0.4 is 4.62 Å². The van der Waals surface area contributed by atoms with Crippen LogP contribution in [0.3, 0.4) is 0 Å². The molecule has 0 amide bonds. The van der Waals surface area contributed by atoms with Crippen molar-refractivity contribution in [3.05, 3.63) is 16.5 Å². The van der Waals surface area contributed by atoms with Crippen molar-refractivity contribution in [2.45, 2.75) is 26.7 Å². The van der Waals surface area contributed by atoms with E-state index in [1.807, 2.05) is 11.3 Å². The summed E-state index contributed by atoms with van der Waals surface area (Å²) in [4.78, 5) is 1.48. The van der Waals surface area contributed by atoms with Crippen molar-refractivity contribution in [3.8, 4) is 0 Å². The summed E-state index contributed by atoms with van der Waals surface area (Å²) in [5.41, 5.74) is 1.53. The van der Waals surface area contributed by atoms with Crippen molar-refractivity contribution < 1.29 is 0 Å². The quantitative estimate of drug-likeness (QED) is 0.601. The molecule has 0 nitrogen and oxygen atoms in total. The minimum Gasteiger partial charge on any atom is -0.141 e. The number of hydrogen-bond acceptors (Lipinski definition) is 1. The van der Waals surface area contributed by atoms with Gasteiger partial charge in [0.15, 0.2) is 0 Å². The van der Waals surface area contributed by atoms with Crippen LogP contribution in [-0.2, 0) is 6.42 Å². The Hall–Kier alpha value is 0.130. The Labute approximate surface area is 68.9 Å². The van der Waals surface area contributed by atoms with Gasteiger partial charge < -0.3 is 0 Å². The summed E-state index contributed by atoms with van der Waals surface area (Å²) in [5, 5.41) is 0. The van der Waals surface area contributed by atoms with Crippen molar-refractivity contribution in [2.75, 3.05) is 0 Å². The molecule has 0 saturated heterocycles. The highest BCUT2D eigenvalue weighted by Gasteiger charge is 1.99. The lowest BCUT2D eigenvalue weighted by Crippen LogP contribution is -1.81. The van der Waals surface area contributed by atoms with Crippen LogP contribution in [0, 0.1) is 6.92 Å². The van der Waals surface area contributed by atoms with Crippen LogP contribution in [0.4, 0.5) is 0 Å². The first-order chi connectivity index (χ1) is 4.74. The molecule has 0 N–H and O–H groups in total. The number of aryl methyl sites for hydroxylation is 2. The molecule has 0 bridgehead atoms. The Morgan fingerprint density at radius 2 is 2.30 bits per heavy atom. The normalized spacial score (nSPS) is 10.3. The summed E-state index contributed by atoms with van der Waals surface area (Å²) in [6.07, 6.45) is 2.48. The van der Waals surface area contributed by atoms with Gasteiger partial charge >= 0.3 is 0 Å². The summed E-state index contributed by atoms with van der Waals surface area (Å²) in [7, 11) is 2.75. The molecule has 0 aliphatic heterocycles. The maximum absolute atomic E-state index is 2.75. The van der Waals surface area contributed by atoms with Crippen LogP contribution in [0.5, 0.6) is 0 Å². The van der Waals surface area contributed by atoms with Gasteiger partial charge in [0.25, 0.3) is 0 Å². The predicted molar refractivity (Wildman–Crippen MR) is 52.4 cm³/mol. The summed E-state index contributed by atoms with van der Waals surface area (Å²) >= 11 is 1.87. The van der Waals surface area contributed by atoms with E-state index in [0.717, 1.165) is 0 Å². The topological polar surface area (TPSA) is 0 Å². The number of thiophene rings is 1. The first-order valence-corrected chi connectivity index (χ1v) is 4.98. The first-order valence-electron chi connectivity index (χ1n) is 3.58. The highest BCUT2D eigenvalue weighted by molar-refractivity contribution is 7.43. The molecule has 10 heavy (non-hydrogen) atoms. The fourth-order valence-corrected chi connectivity index (χ4v) is 2.64. The Bertz CT molecular complexity index is 215. The molecule has 1 heterocycles. The largest absolute Gasteiger partial charge is 0.141 e. The second-order valence-corrected chi connectivity index (χ2v) is 4.81. The zero-order valence-electron chi connectivity index (χ0n) is 6.48. The van der Waals surface area contributed by atoms with E-state index in [2.05, 4.69) is 29.2 Å². The molecule has 1 unspecified atom stereocenters. The van der Waals surface area contributed by atoms with Crippen molar-refractivity contribution in [3.63, 3.8) is 0 Å². The highest BCUT2D eigenvalue weighted by Crippen LogP contribution is 2.16. The van der Waals surface area contributed by atoms with E-state index in [9.17, 15) is 0 Å². The fraction of sp³-hybridized carbons (Fsp3) is 0.500. The van der Waals surface area contributed by atoms with Gasteiger partial charge in [-0.25, -0.2) is 0 Å². The number of hydrogen-bond donors (Lipinski definition) is 0. The van der Waals surface area contributed by atoms with Crippen LogP contribution in [0.25, 0.3) is 0 Å². The monoisotopic (exact) mass is 172 g/mol. The van der Waals surface area contributed by atoms with Gasteiger partial charge in [-0.2, -0.15) is 0 Å². The maximum atomic E-state index is 2.75. The molecule has 0 aliphatic rings. The Kier molecular flexibility index (Phi) is 2.88. The molecular formula is C8H13PS. The third kappa shape index (κ3) is 1.81. The van der Waals surface area contributed by atoms with Gasteiger partial charge in [0.2, 0.25) is 0 Å². The van der Waals surface area contributed by atoms with Crippen LogP contribution in [-0.4, -0.2) is 0 Å². The van der Waals surface area contributed by atoms with Crippen LogP contribution in [0.2, 0.25) is 0 Å². The Morgan fingerprint density at radius 1 is 1.60 bits per heavy atom. The van der Waals surface area contributed by atoms with E-state index < -0.39 is 0 Å². The summed E-state index contributed by atoms with van der Waals surface area (Å²) in [5.74, 6) is 0. The second kappa shape index (κ2) is 3.50. The standard InChI is InChI=1S/C8H13PS/c1-3-4-7-5-8(9)10-6(7)2/h5H,3-4,9H2,1-2H3. The molecule has 0 fully saturated rings. The maximum Gasteiger partial charge on any atom is 0.0222 e. The number of rotatable bonds is 2. The third-order valence-electron chi connectivity index (χ3n) is 1.56. The lowest BCUT2D eigenvalue weighted by molar-refractivity contribution is 0.920. The average molecular weight is 172 g/mol. The summed E-state index contributed by atoms with van der Waals surface area (Å²) < 4.78 is 1.36. The summed E-state index contributed by atoms with van der Waals surface area (Å²) in [6, 6.07) is 2.27. The predicted octanol–water partition coefficient (Wildman–Crippen LogP) is 2.51. The van der Waals surface area contributed by atoms with E-state index >= 15 is 0 Å².